The van der Waals surface area contributed by atoms with Crippen molar-refractivity contribution in [2.45, 2.75) is 26.2 Å². The zero-order valence-corrected chi connectivity index (χ0v) is 11.4. The Bertz CT molecular complexity index is 310. The molecule has 6 nitrogen and oxygen atoms in total. The zero-order chi connectivity index (χ0) is 13.2. The summed E-state index contributed by atoms with van der Waals surface area (Å²) in [7, 11) is 2.96. The van der Waals surface area contributed by atoms with Crippen LogP contribution in [-0.4, -0.2) is 53.7 Å². The number of methoxy groups -OCH3 is 2. The number of likely N-dealkylation sites (tertiary alicyclic amines) is 1. The molecule has 0 aromatic carbocycles. The quantitative estimate of drug-likeness (QED) is 0.812. The molecule has 1 aliphatic rings. The van der Waals surface area contributed by atoms with Crippen molar-refractivity contribution < 1.29 is 9.47 Å². The van der Waals surface area contributed by atoms with Gasteiger partial charge >= 0.3 is 12.0 Å². The van der Waals surface area contributed by atoms with Gasteiger partial charge in [0.25, 0.3) is 0 Å². The second kappa shape index (κ2) is 8.63. The lowest BCUT2D eigenvalue weighted by atomic mass is 10.1. The van der Waals surface area contributed by atoms with Gasteiger partial charge in [-0.3, -0.25) is 0 Å². The topological polar surface area (TPSA) is 60.4 Å². The van der Waals surface area contributed by atoms with E-state index in [0.717, 1.165) is 0 Å². The summed E-state index contributed by atoms with van der Waals surface area (Å²) >= 11 is 0. The number of piperidine rings is 1. The molecule has 0 unspecified atom stereocenters. The summed E-state index contributed by atoms with van der Waals surface area (Å²) in [5, 5.41) is 0. The van der Waals surface area contributed by atoms with Gasteiger partial charge in [-0.1, -0.05) is 13.3 Å². The van der Waals surface area contributed by atoms with E-state index >= 15 is 0 Å². The number of rotatable bonds is 3. The summed E-state index contributed by atoms with van der Waals surface area (Å²) in [6, 6.07) is 0.513. The lowest BCUT2D eigenvalue weighted by molar-refractivity contribution is 0.240. The molecule has 1 aromatic heterocycles. The first-order valence-electron chi connectivity index (χ1n) is 6.29. The second-order valence-electron chi connectivity index (χ2n) is 3.95. The summed E-state index contributed by atoms with van der Waals surface area (Å²) in [5.41, 5.74) is 0. The first-order chi connectivity index (χ1) is 8.80. The minimum absolute atomic E-state index is 0.256. The molecule has 0 amide bonds. The molecule has 18 heavy (non-hydrogen) atoms. The van der Waals surface area contributed by atoms with Crippen LogP contribution in [0.3, 0.4) is 0 Å². The molecule has 1 fully saturated rings. The van der Waals surface area contributed by atoms with Gasteiger partial charge in [0.1, 0.15) is 6.33 Å². The van der Waals surface area contributed by atoms with E-state index < -0.39 is 0 Å². The smallest absolute Gasteiger partial charge is 0.322 e. The molecule has 0 radical (unpaired) electrons. The van der Waals surface area contributed by atoms with Crippen LogP contribution in [0, 0.1) is 0 Å². The molecule has 6 heteroatoms. The minimum atomic E-state index is 0.256. The fourth-order valence-corrected chi connectivity index (χ4v) is 1.74. The van der Waals surface area contributed by atoms with Gasteiger partial charge in [-0.05, 0) is 32.5 Å². The van der Waals surface area contributed by atoms with Crippen molar-refractivity contribution in [3.05, 3.63) is 6.33 Å². The fraction of sp³-hybridized carbons (Fsp3) is 0.750. The molecular weight excluding hydrogens is 232 g/mol. The molecule has 102 valence electrons. The molecule has 1 aromatic rings. The van der Waals surface area contributed by atoms with E-state index in [2.05, 4.69) is 26.8 Å². The van der Waals surface area contributed by atoms with Crippen LogP contribution in [0.25, 0.3) is 0 Å². The van der Waals surface area contributed by atoms with E-state index in [1.807, 2.05) is 0 Å². The molecule has 2 heterocycles. The van der Waals surface area contributed by atoms with E-state index in [9.17, 15) is 0 Å². The van der Waals surface area contributed by atoms with Crippen molar-refractivity contribution in [3.63, 3.8) is 0 Å². The Morgan fingerprint density at radius 2 is 1.61 bits per heavy atom. The maximum absolute atomic E-state index is 4.71. The normalized spacial score (nSPS) is 15.5. The monoisotopic (exact) mass is 254 g/mol. The fourth-order valence-electron chi connectivity index (χ4n) is 1.74. The second-order valence-corrected chi connectivity index (χ2v) is 3.95. The summed E-state index contributed by atoms with van der Waals surface area (Å²) in [4.78, 5) is 13.6. The predicted octanol–water partition coefficient (Wildman–Crippen LogP) is 1.38. The Morgan fingerprint density at radius 3 is 2.00 bits per heavy atom. The highest BCUT2D eigenvalue weighted by molar-refractivity contribution is 4.98. The number of aromatic nitrogens is 3. The van der Waals surface area contributed by atoms with Crippen LogP contribution in [0.2, 0.25) is 0 Å². The van der Waals surface area contributed by atoms with Gasteiger partial charge in [0.15, 0.2) is 0 Å². The van der Waals surface area contributed by atoms with E-state index in [1.54, 1.807) is 0 Å². The van der Waals surface area contributed by atoms with Crippen LogP contribution < -0.4 is 9.47 Å². The van der Waals surface area contributed by atoms with Crippen LogP contribution in [0.1, 0.15) is 26.2 Å². The van der Waals surface area contributed by atoms with Gasteiger partial charge in [0.05, 0.1) is 14.2 Å². The molecule has 0 saturated carbocycles. The Labute approximate surface area is 108 Å². The number of nitrogens with zero attached hydrogens (tertiary/aromatic N) is 4. The molecule has 0 spiro atoms. The molecule has 1 saturated heterocycles. The molecule has 0 atom stereocenters. The van der Waals surface area contributed by atoms with Crippen LogP contribution in [0.15, 0.2) is 6.33 Å². The molecule has 0 N–H and O–H groups in total. The van der Waals surface area contributed by atoms with Gasteiger partial charge in [-0.2, -0.15) is 9.97 Å². The van der Waals surface area contributed by atoms with Crippen LogP contribution >= 0.6 is 0 Å². The largest absolute Gasteiger partial charge is 0.467 e. The van der Waals surface area contributed by atoms with E-state index in [1.165, 1.54) is 59.4 Å². The van der Waals surface area contributed by atoms with Gasteiger partial charge in [0, 0.05) is 0 Å². The van der Waals surface area contributed by atoms with Crippen molar-refractivity contribution in [3.8, 4) is 12.0 Å². The molecule has 1 aliphatic heterocycles. The molecule has 0 aliphatic carbocycles. The number of hydrogen-bond acceptors (Lipinski definition) is 6. The maximum Gasteiger partial charge on any atom is 0.322 e. The van der Waals surface area contributed by atoms with Crippen LogP contribution in [0.5, 0.6) is 12.0 Å². The highest BCUT2D eigenvalue weighted by Gasteiger charge is 2.05. The molecular formula is C12H22N4O2. The Kier molecular flexibility index (Phi) is 7.01. The predicted molar refractivity (Wildman–Crippen MR) is 68.9 cm³/mol. The van der Waals surface area contributed by atoms with Gasteiger partial charge in [-0.15, -0.1) is 4.98 Å². The lowest BCUT2D eigenvalue weighted by Gasteiger charge is -2.24. The van der Waals surface area contributed by atoms with Crippen molar-refractivity contribution in [1.29, 1.82) is 0 Å². The van der Waals surface area contributed by atoms with E-state index in [4.69, 9.17) is 9.47 Å². The third kappa shape index (κ3) is 5.27. The van der Waals surface area contributed by atoms with Gasteiger partial charge in [0.2, 0.25) is 0 Å². The van der Waals surface area contributed by atoms with Crippen LogP contribution in [-0.2, 0) is 0 Å². The van der Waals surface area contributed by atoms with E-state index in [-0.39, 0.29) is 12.0 Å². The van der Waals surface area contributed by atoms with Gasteiger partial charge in [-0.25, -0.2) is 0 Å². The minimum Gasteiger partial charge on any atom is -0.467 e. The first kappa shape index (κ1) is 14.6. The number of hydrogen-bond donors (Lipinski definition) is 0. The Hall–Kier alpha value is -1.43. The molecule has 2 rings (SSSR count). The summed E-state index contributed by atoms with van der Waals surface area (Å²) in [6.07, 6.45) is 5.63. The SMILES string of the molecule is CCN1CCCCC1.COc1ncnc(OC)n1. The van der Waals surface area contributed by atoms with Crippen LogP contribution in [0.4, 0.5) is 0 Å². The number of ether oxygens (including phenoxy) is 2. The zero-order valence-electron chi connectivity index (χ0n) is 11.4. The van der Waals surface area contributed by atoms with Gasteiger partial charge < -0.3 is 14.4 Å². The standard InChI is InChI=1S/C7H15N.C5H7N3O2/c1-2-8-6-4-3-5-7-8;1-9-4-6-3-7-5(8-4)10-2/h2-7H2,1H3;3H,1-2H3. The average Bonchev–Trinajstić information content (AvgIpc) is 2.48. The first-order valence-corrected chi connectivity index (χ1v) is 6.29. The third-order valence-electron chi connectivity index (χ3n) is 2.79. The Balaban J connectivity index is 0.000000184. The van der Waals surface area contributed by atoms with Crippen molar-refractivity contribution in [1.82, 2.24) is 19.9 Å². The highest BCUT2D eigenvalue weighted by atomic mass is 16.5. The summed E-state index contributed by atoms with van der Waals surface area (Å²) < 4.78 is 9.43. The van der Waals surface area contributed by atoms with E-state index in [0.29, 0.717) is 0 Å². The Morgan fingerprint density at radius 1 is 1.06 bits per heavy atom. The maximum atomic E-state index is 4.71. The van der Waals surface area contributed by atoms with Crippen molar-refractivity contribution in [2.75, 3.05) is 33.9 Å². The summed E-state index contributed by atoms with van der Waals surface area (Å²) in [5.74, 6) is 0. The third-order valence-corrected chi connectivity index (χ3v) is 2.79. The average molecular weight is 254 g/mol. The molecule has 0 bridgehead atoms. The summed E-state index contributed by atoms with van der Waals surface area (Å²) in [6.45, 7) is 6.18. The highest BCUT2D eigenvalue weighted by Crippen LogP contribution is 2.06. The van der Waals surface area contributed by atoms with Crippen molar-refractivity contribution in [2.24, 2.45) is 0 Å². The lowest BCUT2D eigenvalue weighted by Crippen LogP contribution is -2.29. The van der Waals surface area contributed by atoms with Crippen molar-refractivity contribution >= 4 is 0 Å².